The number of piperazine rings is 1. The molecule has 1 heterocycles. The van der Waals surface area contributed by atoms with E-state index in [1.165, 1.54) is 6.26 Å². The van der Waals surface area contributed by atoms with Crippen LogP contribution in [0.3, 0.4) is 0 Å². The van der Waals surface area contributed by atoms with Gasteiger partial charge >= 0.3 is 0 Å². The van der Waals surface area contributed by atoms with E-state index in [1.807, 2.05) is 6.92 Å². The minimum absolute atomic E-state index is 0.0998. The molecule has 15 heavy (non-hydrogen) atoms. The first-order valence-corrected chi connectivity index (χ1v) is 7.42. The van der Waals surface area contributed by atoms with Crippen molar-refractivity contribution in [2.75, 3.05) is 25.9 Å². The Balaban J connectivity index is 2.63. The van der Waals surface area contributed by atoms with Crippen LogP contribution in [0, 0.1) is 0 Å². The van der Waals surface area contributed by atoms with Gasteiger partial charge in [0.15, 0.2) is 0 Å². The molecule has 0 spiro atoms. The van der Waals surface area contributed by atoms with Gasteiger partial charge in [0.1, 0.15) is 0 Å². The topological polar surface area (TPSA) is 40.6 Å². The van der Waals surface area contributed by atoms with Crippen LogP contribution in [0.15, 0.2) is 0 Å². The number of hydrogen-bond acceptors (Lipinski definition) is 3. The molecule has 0 saturated carbocycles. The fraction of sp³-hybridized carbons (Fsp3) is 1.00. The van der Waals surface area contributed by atoms with Gasteiger partial charge in [-0.1, -0.05) is 6.92 Å². The molecule has 1 fully saturated rings. The molecule has 0 aromatic rings. The van der Waals surface area contributed by atoms with Gasteiger partial charge in [0.25, 0.3) is 0 Å². The third kappa shape index (κ3) is 3.16. The van der Waals surface area contributed by atoms with E-state index in [1.54, 1.807) is 4.31 Å². The summed E-state index contributed by atoms with van der Waals surface area (Å²) in [6.45, 7) is 8.68. The van der Waals surface area contributed by atoms with Crippen LogP contribution >= 0.6 is 0 Å². The van der Waals surface area contributed by atoms with Crippen LogP contribution in [-0.2, 0) is 10.0 Å². The smallest absolute Gasteiger partial charge is 0.211 e. The van der Waals surface area contributed by atoms with E-state index in [0.29, 0.717) is 12.6 Å². The molecule has 0 aliphatic carbocycles. The Labute approximate surface area is 93.3 Å². The van der Waals surface area contributed by atoms with Gasteiger partial charge in [-0.2, -0.15) is 4.31 Å². The van der Waals surface area contributed by atoms with Crippen molar-refractivity contribution >= 4 is 10.0 Å². The predicted molar refractivity (Wildman–Crippen MR) is 62.3 cm³/mol. The van der Waals surface area contributed by atoms with Crippen LogP contribution in [0.1, 0.15) is 27.2 Å². The van der Waals surface area contributed by atoms with Crippen LogP contribution in [0.25, 0.3) is 0 Å². The van der Waals surface area contributed by atoms with Crippen molar-refractivity contribution in [3.8, 4) is 0 Å². The maximum absolute atomic E-state index is 11.5. The van der Waals surface area contributed by atoms with E-state index < -0.39 is 10.0 Å². The average Bonchev–Trinajstić information content (AvgIpc) is 2.14. The fourth-order valence-electron chi connectivity index (χ4n) is 2.12. The number of rotatable bonds is 3. The summed E-state index contributed by atoms with van der Waals surface area (Å²) in [5.41, 5.74) is 0. The van der Waals surface area contributed by atoms with Crippen LogP contribution in [0.2, 0.25) is 0 Å². The molecular weight excluding hydrogens is 212 g/mol. The zero-order valence-corrected chi connectivity index (χ0v) is 10.9. The summed E-state index contributed by atoms with van der Waals surface area (Å²) in [6.07, 6.45) is 2.41. The SMILES string of the molecule is CC[C@@H](C)N1CCN(S(C)(=O)=O)[C@H](C)C1. The molecule has 1 aliphatic heterocycles. The minimum Gasteiger partial charge on any atom is -0.298 e. The van der Waals surface area contributed by atoms with Gasteiger partial charge in [0.2, 0.25) is 10.0 Å². The largest absolute Gasteiger partial charge is 0.298 e. The minimum atomic E-state index is -3.02. The van der Waals surface area contributed by atoms with Crippen molar-refractivity contribution in [1.29, 1.82) is 0 Å². The fourth-order valence-corrected chi connectivity index (χ4v) is 3.25. The molecule has 0 N–H and O–H groups in total. The van der Waals surface area contributed by atoms with Crippen molar-refractivity contribution in [3.05, 3.63) is 0 Å². The molecular formula is C10H22N2O2S. The van der Waals surface area contributed by atoms with Gasteiger partial charge in [-0.25, -0.2) is 8.42 Å². The second-order valence-electron chi connectivity index (χ2n) is 4.47. The van der Waals surface area contributed by atoms with Crippen LogP contribution in [0.5, 0.6) is 0 Å². The zero-order valence-electron chi connectivity index (χ0n) is 10.1. The summed E-state index contributed by atoms with van der Waals surface area (Å²) in [5.74, 6) is 0. The molecule has 2 atom stereocenters. The highest BCUT2D eigenvalue weighted by Crippen LogP contribution is 2.16. The first-order chi connectivity index (χ1) is 6.86. The molecule has 90 valence electrons. The van der Waals surface area contributed by atoms with Crippen LogP contribution < -0.4 is 0 Å². The maximum Gasteiger partial charge on any atom is 0.211 e. The summed E-state index contributed by atoms with van der Waals surface area (Å²) in [5, 5.41) is 0. The molecule has 0 unspecified atom stereocenters. The van der Waals surface area contributed by atoms with E-state index in [2.05, 4.69) is 18.7 Å². The third-order valence-corrected chi connectivity index (χ3v) is 4.63. The molecule has 0 radical (unpaired) electrons. The van der Waals surface area contributed by atoms with Gasteiger partial charge in [0, 0.05) is 31.7 Å². The van der Waals surface area contributed by atoms with Gasteiger partial charge in [0.05, 0.1) is 6.26 Å². The van der Waals surface area contributed by atoms with E-state index in [-0.39, 0.29) is 6.04 Å². The second-order valence-corrected chi connectivity index (χ2v) is 6.41. The van der Waals surface area contributed by atoms with Crippen molar-refractivity contribution in [2.45, 2.75) is 39.3 Å². The Bertz CT molecular complexity index is 303. The van der Waals surface area contributed by atoms with E-state index in [9.17, 15) is 8.42 Å². The molecule has 0 amide bonds. The highest BCUT2D eigenvalue weighted by Gasteiger charge is 2.30. The predicted octanol–water partition coefficient (Wildman–Crippen LogP) is 0.751. The third-order valence-electron chi connectivity index (χ3n) is 3.24. The normalized spacial score (nSPS) is 27.9. The lowest BCUT2D eigenvalue weighted by molar-refractivity contribution is 0.108. The molecule has 0 bridgehead atoms. The molecule has 1 aliphatic rings. The van der Waals surface area contributed by atoms with E-state index >= 15 is 0 Å². The first kappa shape index (κ1) is 12.9. The quantitative estimate of drug-likeness (QED) is 0.723. The van der Waals surface area contributed by atoms with Crippen LogP contribution in [0.4, 0.5) is 0 Å². The molecule has 0 aromatic carbocycles. The van der Waals surface area contributed by atoms with Crippen molar-refractivity contribution in [3.63, 3.8) is 0 Å². The molecule has 5 heteroatoms. The van der Waals surface area contributed by atoms with Gasteiger partial charge < -0.3 is 0 Å². The van der Waals surface area contributed by atoms with E-state index in [4.69, 9.17) is 0 Å². The monoisotopic (exact) mass is 234 g/mol. The van der Waals surface area contributed by atoms with Gasteiger partial charge in [-0.3, -0.25) is 4.90 Å². The summed E-state index contributed by atoms with van der Waals surface area (Å²) in [7, 11) is -3.02. The van der Waals surface area contributed by atoms with Crippen molar-refractivity contribution in [2.24, 2.45) is 0 Å². The standard InChI is InChI=1S/C10H22N2O2S/c1-5-9(2)11-6-7-12(10(3)8-11)15(4,13)14/h9-10H,5-8H2,1-4H3/t9-,10-/m1/s1. The lowest BCUT2D eigenvalue weighted by Crippen LogP contribution is -2.55. The van der Waals surface area contributed by atoms with Crippen LogP contribution in [-0.4, -0.2) is 55.6 Å². The Kier molecular flexibility index (Phi) is 4.14. The van der Waals surface area contributed by atoms with Gasteiger partial charge in [-0.05, 0) is 20.3 Å². The summed E-state index contributed by atoms with van der Waals surface area (Å²) in [4.78, 5) is 2.37. The maximum atomic E-state index is 11.5. The Morgan fingerprint density at radius 2 is 2.00 bits per heavy atom. The lowest BCUT2D eigenvalue weighted by Gasteiger charge is -2.40. The average molecular weight is 234 g/mol. The molecule has 1 rings (SSSR count). The summed E-state index contributed by atoms with van der Waals surface area (Å²) >= 11 is 0. The number of nitrogens with zero attached hydrogens (tertiary/aromatic N) is 2. The molecule has 0 aromatic heterocycles. The molecule has 1 saturated heterocycles. The summed E-state index contributed by atoms with van der Waals surface area (Å²) in [6, 6.07) is 0.650. The highest BCUT2D eigenvalue weighted by molar-refractivity contribution is 7.88. The number of hydrogen-bond donors (Lipinski definition) is 0. The van der Waals surface area contributed by atoms with Gasteiger partial charge in [-0.15, -0.1) is 0 Å². The van der Waals surface area contributed by atoms with Crippen molar-refractivity contribution in [1.82, 2.24) is 9.21 Å². The molecule has 4 nitrogen and oxygen atoms in total. The lowest BCUT2D eigenvalue weighted by atomic mass is 10.1. The Morgan fingerprint density at radius 1 is 1.40 bits per heavy atom. The van der Waals surface area contributed by atoms with Crippen molar-refractivity contribution < 1.29 is 8.42 Å². The Hall–Kier alpha value is -0.130. The highest BCUT2D eigenvalue weighted by atomic mass is 32.2. The Morgan fingerprint density at radius 3 is 2.40 bits per heavy atom. The second kappa shape index (κ2) is 4.80. The first-order valence-electron chi connectivity index (χ1n) is 5.57. The van der Waals surface area contributed by atoms with E-state index in [0.717, 1.165) is 19.5 Å². The number of sulfonamides is 1. The summed E-state index contributed by atoms with van der Waals surface area (Å²) < 4.78 is 24.5. The zero-order chi connectivity index (χ0) is 11.6.